The lowest BCUT2D eigenvalue weighted by atomic mass is 10.1. The molecule has 0 aliphatic heterocycles. The zero-order chi connectivity index (χ0) is 22.2. The van der Waals surface area contributed by atoms with Gasteiger partial charge < -0.3 is 4.90 Å². The van der Waals surface area contributed by atoms with Crippen LogP contribution in [0.25, 0.3) is 0 Å². The summed E-state index contributed by atoms with van der Waals surface area (Å²) in [4.78, 5) is 26.0. The zero-order valence-electron chi connectivity index (χ0n) is 18.8. The number of carbonyl (C=O) groups excluding carboxylic acids is 1. The van der Waals surface area contributed by atoms with Gasteiger partial charge in [-0.15, -0.1) is 0 Å². The number of hydrogen-bond acceptors (Lipinski definition) is 3. The molecule has 0 spiro atoms. The van der Waals surface area contributed by atoms with E-state index in [0.717, 1.165) is 38.8 Å². The smallest absolute Gasteiger partial charge is 0.274 e. The van der Waals surface area contributed by atoms with Crippen molar-refractivity contribution in [2.75, 3.05) is 13.1 Å². The normalized spacial score (nSPS) is 10.9. The average Bonchev–Trinajstić information content (AvgIpc) is 2.75. The molecule has 0 bridgehead atoms. The number of amides is 1. The minimum absolute atomic E-state index is 0.0109. The first kappa shape index (κ1) is 26.6. The van der Waals surface area contributed by atoms with Crippen LogP contribution >= 0.6 is 15.9 Å². The van der Waals surface area contributed by atoms with Crippen molar-refractivity contribution < 1.29 is 9.72 Å². The fourth-order valence-electron chi connectivity index (χ4n) is 3.64. The highest BCUT2D eigenvalue weighted by atomic mass is 79.9. The van der Waals surface area contributed by atoms with Crippen LogP contribution in [-0.4, -0.2) is 28.8 Å². The summed E-state index contributed by atoms with van der Waals surface area (Å²) in [6, 6.07) is 4.85. The van der Waals surface area contributed by atoms with Crippen LogP contribution in [0.15, 0.2) is 18.2 Å². The van der Waals surface area contributed by atoms with E-state index >= 15 is 0 Å². The van der Waals surface area contributed by atoms with Gasteiger partial charge in [0.2, 0.25) is 0 Å². The molecule has 6 heteroatoms. The minimum Gasteiger partial charge on any atom is -0.339 e. The van der Waals surface area contributed by atoms with Crippen LogP contribution in [-0.2, 0) is 5.33 Å². The lowest BCUT2D eigenvalue weighted by Crippen LogP contribution is -2.33. The number of nitro groups is 1. The van der Waals surface area contributed by atoms with Crippen LogP contribution in [0.5, 0.6) is 0 Å². The number of unbranched alkanes of at least 4 members (excludes halogenated alkanes) is 10. The van der Waals surface area contributed by atoms with Gasteiger partial charge in [-0.3, -0.25) is 14.9 Å². The maximum Gasteiger partial charge on any atom is 0.274 e. The molecule has 0 saturated heterocycles. The van der Waals surface area contributed by atoms with Crippen molar-refractivity contribution in [2.45, 2.75) is 96.2 Å². The molecule has 0 heterocycles. The molecule has 0 fully saturated rings. The van der Waals surface area contributed by atoms with Crippen molar-refractivity contribution in [1.29, 1.82) is 0 Å². The average molecular weight is 483 g/mol. The summed E-state index contributed by atoms with van der Waals surface area (Å²) in [6.07, 6.45) is 14.2. The molecule has 0 N–H and O–H groups in total. The van der Waals surface area contributed by atoms with Crippen LogP contribution in [0.2, 0.25) is 0 Å². The number of nitrogens with zero attached hydrogens (tertiary/aromatic N) is 2. The van der Waals surface area contributed by atoms with Gasteiger partial charge >= 0.3 is 0 Å². The maximum atomic E-state index is 13.1. The summed E-state index contributed by atoms with van der Waals surface area (Å²) < 4.78 is 0. The third-order valence-electron chi connectivity index (χ3n) is 5.52. The largest absolute Gasteiger partial charge is 0.339 e. The molecule has 1 aromatic carbocycles. The summed E-state index contributed by atoms with van der Waals surface area (Å²) in [7, 11) is 0. The number of carbonyl (C=O) groups is 1. The SMILES string of the molecule is CCCCCCCCN(CCCCCCCC)C(=O)c1ccc(CBr)c([N+](=O)[O-])c1. The Morgan fingerprint density at radius 3 is 1.87 bits per heavy atom. The second kappa shape index (κ2) is 16.3. The Labute approximate surface area is 190 Å². The number of nitro benzene ring substituents is 1. The van der Waals surface area contributed by atoms with Crippen LogP contribution in [0.1, 0.15) is 107 Å². The molecule has 0 atom stereocenters. The summed E-state index contributed by atoms with van der Waals surface area (Å²) in [6.45, 7) is 5.88. The monoisotopic (exact) mass is 482 g/mol. The van der Waals surface area contributed by atoms with Gasteiger partial charge in [-0.25, -0.2) is 0 Å². The van der Waals surface area contributed by atoms with Gasteiger partial charge in [0.15, 0.2) is 0 Å². The number of hydrogen-bond donors (Lipinski definition) is 0. The molecule has 0 radical (unpaired) electrons. The topological polar surface area (TPSA) is 63.5 Å². The highest BCUT2D eigenvalue weighted by Crippen LogP contribution is 2.24. The first-order valence-corrected chi connectivity index (χ1v) is 12.8. The second-order valence-corrected chi connectivity index (χ2v) is 8.62. The highest BCUT2D eigenvalue weighted by molar-refractivity contribution is 9.08. The second-order valence-electron chi connectivity index (χ2n) is 8.06. The summed E-state index contributed by atoms with van der Waals surface area (Å²) in [5, 5.41) is 11.8. The maximum absolute atomic E-state index is 13.1. The van der Waals surface area contributed by atoms with E-state index in [1.54, 1.807) is 12.1 Å². The van der Waals surface area contributed by atoms with E-state index in [2.05, 4.69) is 29.8 Å². The van der Waals surface area contributed by atoms with E-state index < -0.39 is 4.92 Å². The van der Waals surface area contributed by atoms with Crippen molar-refractivity contribution in [3.8, 4) is 0 Å². The number of halogens is 1. The fraction of sp³-hybridized carbons (Fsp3) is 0.708. The molecule has 0 aliphatic rings. The number of rotatable bonds is 17. The van der Waals surface area contributed by atoms with E-state index in [0.29, 0.717) is 16.5 Å². The molecular weight excluding hydrogens is 444 g/mol. The van der Waals surface area contributed by atoms with Crippen molar-refractivity contribution in [1.82, 2.24) is 4.90 Å². The van der Waals surface area contributed by atoms with Gasteiger partial charge in [-0.2, -0.15) is 0 Å². The van der Waals surface area contributed by atoms with Gasteiger partial charge in [0.05, 0.1) is 4.92 Å². The minimum atomic E-state index is -0.404. The Bertz CT molecular complexity index is 621. The van der Waals surface area contributed by atoms with Crippen molar-refractivity contribution in [3.05, 3.63) is 39.4 Å². The van der Waals surface area contributed by atoms with Gasteiger partial charge in [-0.1, -0.05) is 100 Å². The Morgan fingerprint density at radius 2 is 1.40 bits per heavy atom. The van der Waals surface area contributed by atoms with E-state index in [1.807, 2.05) is 4.90 Å². The van der Waals surface area contributed by atoms with E-state index in [-0.39, 0.29) is 11.6 Å². The standard InChI is InChI=1S/C24H39BrN2O3/c1-3-5-7-9-11-13-17-26(18-14-12-10-8-6-4-2)24(28)21-15-16-22(20-25)23(19-21)27(29)30/h15-16,19H,3-14,17-18,20H2,1-2H3. The Balaban J connectivity index is 2.74. The first-order valence-electron chi connectivity index (χ1n) is 11.7. The fourth-order valence-corrected chi connectivity index (χ4v) is 4.12. The van der Waals surface area contributed by atoms with Crippen molar-refractivity contribution in [3.63, 3.8) is 0 Å². The number of alkyl halides is 1. The molecule has 0 aliphatic carbocycles. The lowest BCUT2D eigenvalue weighted by molar-refractivity contribution is -0.385. The van der Waals surface area contributed by atoms with E-state index in [4.69, 9.17) is 0 Å². The Hall–Kier alpha value is -1.43. The van der Waals surface area contributed by atoms with Gasteiger partial charge in [-0.05, 0) is 18.9 Å². The third kappa shape index (κ3) is 10.1. The van der Waals surface area contributed by atoms with Crippen LogP contribution < -0.4 is 0 Å². The predicted octanol–water partition coefficient (Wildman–Crippen LogP) is 7.65. The Morgan fingerprint density at radius 1 is 0.900 bits per heavy atom. The van der Waals surface area contributed by atoms with E-state index in [9.17, 15) is 14.9 Å². The molecule has 0 saturated carbocycles. The first-order chi connectivity index (χ1) is 14.5. The lowest BCUT2D eigenvalue weighted by Gasteiger charge is -2.23. The Kier molecular flexibility index (Phi) is 14.4. The molecule has 0 unspecified atom stereocenters. The van der Waals surface area contributed by atoms with Crippen molar-refractivity contribution >= 4 is 27.5 Å². The molecule has 1 rings (SSSR count). The van der Waals surface area contributed by atoms with E-state index in [1.165, 1.54) is 57.4 Å². The quantitative estimate of drug-likeness (QED) is 0.0989. The summed E-state index contributed by atoms with van der Waals surface area (Å²) >= 11 is 3.29. The molecule has 170 valence electrons. The zero-order valence-corrected chi connectivity index (χ0v) is 20.4. The molecule has 1 amide bonds. The summed E-state index contributed by atoms with van der Waals surface area (Å²) in [5.74, 6) is -0.0821. The predicted molar refractivity (Wildman–Crippen MR) is 128 cm³/mol. The molecule has 0 aromatic heterocycles. The summed E-state index contributed by atoms with van der Waals surface area (Å²) in [5.41, 5.74) is 1.02. The highest BCUT2D eigenvalue weighted by Gasteiger charge is 2.20. The van der Waals surface area contributed by atoms with Crippen LogP contribution in [0.4, 0.5) is 5.69 Å². The molecule has 5 nitrogen and oxygen atoms in total. The van der Waals surface area contributed by atoms with Crippen molar-refractivity contribution in [2.24, 2.45) is 0 Å². The molecular formula is C24H39BrN2O3. The molecule has 30 heavy (non-hydrogen) atoms. The molecule has 1 aromatic rings. The van der Waals surface area contributed by atoms with Gasteiger partial charge in [0, 0.05) is 35.6 Å². The van der Waals surface area contributed by atoms with Gasteiger partial charge in [0.1, 0.15) is 0 Å². The number of benzene rings is 1. The van der Waals surface area contributed by atoms with Gasteiger partial charge in [0.25, 0.3) is 11.6 Å². The third-order valence-corrected chi connectivity index (χ3v) is 6.13. The van der Waals surface area contributed by atoms with Crippen LogP contribution in [0, 0.1) is 10.1 Å². The van der Waals surface area contributed by atoms with Crippen LogP contribution in [0.3, 0.4) is 0 Å².